The van der Waals surface area contributed by atoms with E-state index in [2.05, 4.69) is 10.8 Å². The average molecular weight is 228 g/mol. The Morgan fingerprint density at radius 3 is 2.67 bits per heavy atom. The lowest BCUT2D eigenvalue weighted by Gasteiger charge is -2.13. The summed E-state index contributed by atoms with van der Waals surface area (Å²) < 4.78 is 30.7. The monoisotopic (exact) mass is 228 g/mol. The molecule has 0 bridgehead atoms. The molecule has 4 nitrogen and oxygen atoms in total. The number of sulfonamides is 1. The second kappa shape index (κ2) is 4.53. The zero-order valence-electron chi connectivity index (χ0n) is 8.94. The van der Waals surface area contributed by atoms with Crippen LogP contribution in [-0.2, 0) is 10.0 Å². The molecule has 0 fully saturated rings. The van der Waals surface area contributed by atoms with Crippen LogP contribution in [0.3, 0.4) is 0 Å². The van der Waals surface area contributed by atoms with E-state index >= 15 is 0 Å². The van der Waals surface area contributed by atoms with Crippen LogP contribution in [0.2, 0.25) is 0 Å². The summed E-state index contributed by atoms with van der Waals surface area (Å²) in [5.41, 5.74) is 0.411. The van der Waals surface area contributed by atoms with Crippen molar-refractivity contribution in [2.45, 2.75) is 19.1 Å². The van der Waals surface area contributed by atoms with Gasteiger partial charge in [-0.2, -0.15) is 0 Å². The van der Waals surface area contributed by atoms with E-state index in [1.807, 2.05) is 0 Å². The molecule has 0 aliphatic rings. The van der Waals surface area contributed by atoms with Crippen molar-refractivity contribution in [3.05, 3.63) is 24.3 Å². The van der Waals surface area contributed by atoms with Crippen molar-refractivity contribution in [2.75, 3.05) is 11.8 Å². The molecular weight excluding hydrogens is 214 g/mol. The molecule has 1 N–H and O–H groups in total. The Balaban J connectivity index is 3.00. The van der Waals surface area contributed by atoms with Gasteiger partial charge >= 0.3 is 0 Å². The first-order valence-corrected chi connectivity index (χ1v) is 6.07. The first kappa shape index (κ1) is 11.8. The molecule has 1 rings (SSSR count). The van der Waals surface area contributed by atoms with E-state index in [0.29, 0.717) is 11.4 Å². The summed E-state index contributed by atoms with van der Waals surface area (Å²) in [6, 6.07) is 7.64. The molecule has 1 radical (unpaired) electrons. The molecule has 1 aromatic rings. The van der Waals surface area contributed by atoms with Gasteiger partial charge in [0.05, 0.1) is 18.0 Å². The number of anilines is 1. The second-order valence-electron chi connectivity index (χ2n) is 3.32. The minimum absolute atomic E-state index is 0.411. The van der Waals surface area contributed by atoms with Gasteiger partial charge in [-0.05, 0) is 32.0 Å². The van der Waals surface area contributed by atoms with Crippen LogP contribution in [0, 0.1) is 6.07 Å². The number of benzene rings is 1. The van der Waals surface area contributed by atoms with Gasteiger partial charge < -0.3 is 4.74 Å². The van der Waals surface area contributed by atoms with Crippen molar-refractivity contribution in [3.8, 4) is 5.75 Å². The molecule has 0 spiro atoms. The predicted molar refractivity (Wildman–Crippen MR) is 59.5 cm³/mol. The molecule has 15 heavy (non-hydrogen) atoms. The fraction of sp³-hybridized carbons (Fsp3) is 0.400. The molecule has 0 aliphatic carbocycles. The van der Waals surface area contributed by atoms with Crippen molar-refractivity contribution < 1.29 is 13.2 Å². The minimum atomic E-state index is -3.33. The van der Waals surface area contributed by atoms with Gasteiger partial charge in [0, 0.05) is 0 Å². The van der Waals surface area contributed by atoms with Crippen molar-refractivity contribution >= 4 is 15.7 Å². The molecule has 0 unspecified atom stereocenters. The maximum absolute atomic E-state index is 11.6. The highest BCUT2D eigenvalue weighted by Crippen LogP contribution is 2.24. The van der Waals surface area contributed by atoms with Gasteiger partial charge in [0.25, 0.3) is 0 Å². The number of hydrogen-bond donors (Lipinski definition) is 1. The van der Waals surface area contributed by atoms with Crippen molar-refractivity contribution in [1.82, 2.24) is 0 Å². The lowest BCUT2D eigenvalue weighted by atomic mass is 10.3. The molecule has 0 saturated heterocycles. The van der Waals surface area contributed by atoms with E-state index in [0.717, 1.165) is 0 Å². The Bertz CT molecular complexity index is 426. The fourth-order valence-corrected chi connectivity index (χ4v) is 1.65. The maximum Gasteiger partial charge on any atom is 0.235 e. The highest BCUT2D eigenvalue weighted by Gasteiger charge is 2.17. The Labute approximate surface area is 90.3 Å². The van der Waals surface area contributed by atoms with Crippen LogP contribution < -0.4 is 9.46 Å². The Morgan fingerprint density at radius 1 is 1.47 bits per heavy atom. The zero-order valence-corrected chi connectivity index (χ0v) is 9.76. The molecule has 5 heteroatoms. The third-order valence-corrected chi connectivity index (χ3v) is 3.66. The first-order chi connectivity index (χ1) is 6.97. The van der Waals surface area contributed by atoms with E-state index in [1.165, 1.54) is 7.11 Å². The summed E-state index contributed by atoms with van der Waals surface area (Å²) >= 11 is 0. The van der Waals surface area contributed by atoms with Crippen LogP contribution in [-0.4, -0.2) is 20.8 Å². The number of ether oxygens (including phenoxy) is 1. The highest BCUT2D eigenvalue weighted by atomic mass is 32.2. The quantitative estimate of drug-likeness (QED) is 0.852. The van der Waals surface area contributed by atoms with E-state index in [-0.39, 0.29) is 0 Å². The third kappa shape index (κ3) is 2.86. The topological polar surface area (TPSA) is 55.4 Å². The van der Waals surface area contributed by atoms with Crippen LogP contribution in [0.4, 0.5) is 5.69 Å². The molecular formula is C10H14NO3S. The van der Waals surface area contributed by atoms with E-state index in [1.54, 1.807) is 32.0 Å². The molecule has 0 aliphatic heterocycles. The smallest absolute Gasteiger partial charge is 0.235 e. The number of hydrogen-bond acceptors (Lipinski definition) is 3. The predicted octanol–water partition coefficient (Wildman–Crippen LogP) is 1.65. The van der Waals surface area contributed by atoms with Gasteiger partial charge in [-0.3, -0.25) is 4.72 Å². The highest BCUT2D eigenvalue weighted by molar-refractivity contribution is 7.93. The Kier molecular flexibility index (Phi) is 3.57. The molecule has 0 saturated carbocycles. The average Bonchev–Trinajstić information content (AvgIpc) is 2.18. The van der Waals surface area contributed by atoms with Gasteiger partial charge in [0.1, 0.15) is 5.75 Å². The largest absolute Gasteiger partial charge is 0.495 e. The van der Waals surface area contributed by atoms with Crippen LogP contribution in [0.15, 0.2) is 18.2 Å². The minimum Gasteiger partial charge on any atom is -0.495 e. The van der Waals surface area contributed by atoms with Gasteiger partial charge in [-0.1, -0.05) is 6.07 Å². The lowest BCUT2D eigenvalue weighted by molar-refractivity contribution is 0.417. The molecule has 0 atom stereocenters. The number of rotatable bonds is 4. The van der Waals surface area contributed by atoms with Crippen LogP contribution in [0.5, 0.6) is 5.75 Å². The summed E-state index contributed by atoms with van der Waals surface area (Å²) in [5, 5.41) is -0.484. The van der Waals surface area contributed by atoms with Gasteiger partial charge in [0.2, 0.25) is 10.0 Å². The van der Waals surface area contributed by atoms with E-state index in [4.69, 9.17) is 4.74 Å². The van der Waals surface area contributed by atoms with E-state index in [9.17, 15) is 8.42 Å². The Hall–Kier alpha value is -1.23. The van der Waals surface area contributed by atoms with Crippen LogP contribution in [0.1, 0.15) is 13.8 Å². The lowest BCUT2D eigenvalue weighted by Crippen LogP contribution is -2.22. The normalized spacial score (nSPS) is 11.5. The van der Waals surface area contributed by atoms with Crippen LogP contribution in [0.25, 0.3) is 0 Å². The Morgan fingerprint density at radius 2 is 2.13 bits per heavy atom. The van der Waals surface area contributed by atoms with Crippen molar-refractivity contribution in [1.29, 1.82) is 0 Å². The summed E-state index contributed by atoms with van der Waals surface area (Å²) in [6.45, 7) is 3.23. The maximum atomic E-state index is 11.6. The number of methoxy groups -OCH3 is 1. The molecule has 0 amide bonds. The van der Waals surface area contributed by atoms with Crippen LogP contribution >= 0.6 is 0 Å². The second-order valence-corrected chi connectivity index (χ2v) is 5.56. The first-order valence-electron chi connectivity index (χ1n) is 4.53. The molecule has 83 valence electrons. The number of nitrogens with one attached hydrogen (secondary N) is 1. The fourth-order valence-electron chi connectivity index (χ4n) is 0.945. The third-order valence-electron chi connectivity index (χ3n) is 1.92. The van der Waals surface area contributed by atoms with Crippen molar-refractivity contribution in [3.63, 3.8) is 0 Å². The van der Waals surface area contributed by atoms with Gasteiger partial charge in [-0.15, -0.1) is 0 Å². The molecule has 0 heterocycles. The van der Waals surface area contributed by atoms with Crippen molar-refractivity contribution in [2.24, 2.45) is 0 Å². The summed E-state index contributed by atoms with van der Waals surface area (Å²) in [4.78, 5) is 0. The standard InChI is InChI=1S/C10H14NO3S/c1-8(2)15(12,13)11-9-6-4-5-7-10(9)14-3/h5-8,11H,1-3H3. The summed E-state index contributed by atoms with van der Waals surface area (Å²) in [7, 11) is -1.85. The summed E-state index contributed by atoms with van der Waals surface area (Å²) in [5.74, 6) is 0.484. The zero-order chi connectivity index (χ0) is 11.5. The van der Waals surface area contributed by atoms with Gasteiger partial charge in [0.15, 0.2) is 0 Å². The summed E-state index contributed by atoms with van der Waals surface area (Å²) in [6.07, 6.45) is 0. The molecule has 0 aromatic heterocycles. The van der Waals surface area contributed by atoms with E-state index < -0.39 is 15.3 Å². The SMILES string of the molecule is COc1cc[c]cc1NS(=O)(=O)C(C)C. The molecule has 1 aromatic carbocycles. The van der Waals surface area contributed by atoms with Gasteiger partial charge in [-0.25, -0.2) is 8.42 Å².